The van der Waals surface area contributed by atoms with Gasteiger partial charge in [0.2, 0.25) is 5.91 Å². The second-order valence-corrected chi connectivity index (χ2v) is 6.47. The average molecular weight is 293 g/mol. The van der Waals surface area contributed by atoms with Gasteiger partial charge in [-0.2, -0.15) is 0 Å². The predicted molar refractivity (Wildman–Crippen MR) is 80.0 cm³/mol. The van der Waals surface area contributed by atoms with Crippen molar-refractivity contribution < 1.29 is 9.18 Å². The minimum Gasteiger partial charge on any atom is -0.389 e. The van der Waals surface area contributed by atoms with E-state index < -0.39 is 5.41 Å². The number of hydrogen-bond acceptors (Lipinski definition) is 4. The second kappa shape index (κ2) is 5.20. The Morgan fingerprint density at radius 2 is 1.90 bits per heavy atom. The Balaban J connectivity index is 2.26. The van der Waals surface area contributed by atoms with Gasteiger partial charge in [-0.15, -0.1) is 0 Å². The zero-order valence-corrected chi connectivity index (χ0v) is 12.3. The second-order valence-electron chi connectivity index (χ2n) is 5.44. The molecule has 1 aromatic heterocycles. The van der Waals surface area contributed by atoms with Crippen molar-refractivity contribution in [3.8, 4) is 11.3 Å². The normalized spacial score (nSPS) is 11.4. The van der Waals surface area contributed by atoms with Crippen LogP contribution in [-0.2, 0) is 4.79 Å². The lowest BCUT2D eigenvalue weighted by molar-refractivity contribution is -0.123. The lowest BCUT2D eigenvalue weighted by Gasteiger charge is -2.15. The van der Waals surface area contributed by atoms with Crippen LogP contribution in [0, 0.1) is 11.2 Å². The van der Waals surface area contributed by atoms with Crippen molar-refractivity contribution in [2.75, 3.05) is 11.1 Å². The highest BCUT2D eigenvalue weighted by molar-refractivity contribution is 7.20. The number of aromatic nitrogens is 1. The van der Waals surface area contributed by atoms with Gasteiger partial charge in [-0.05, 0) is 24.3 Å². The zero-order valence-electron chi connectivity index (χ0n) is 11.5. The average Bonchev–Trinajstić information content (AvgIpc) is 2.70. The topological polar surface area (TPSA) is 68.0 Å². The number of nitrogens with one attached hydrogen (secondary N) is 1. The van der Waals surface area contributed by atoms with Crippen LogP contribution in [0.4, 0.5) is 14.5 Å². The number of nitrogen functional groups attached to an aromatic ring is 1. The number of nitrogens with zero attached hydrogens (tertiary/aromatic N) is 1. The zero-order chi connectivity index (χ0) is 14.9. The minimum absolute atomic E-state index is 0.128. The standard InChI is InChI=1S/C14H16FN3OS/c1-14(2,3)12(19)18-13-17-10(11(16)20-13)8-4-6-9(15)7-5-8/h4-7H,16H2,1-3H3,(H,17,18,19). The molecule has 0 fully saturated rings. The van der Waals surface area contributed by atoms with Crippen LogP contribution in [0.1, 0.15) is 20.8 Å². The van der Waals surface area contributed by atoms with Gasteiger partial charge in [0.15, 0.2) is 5.13 Å². The Hall–Kier alpha value is -1.95. The highest BCUT2D eigenvalue weighted by Gasteiger charge is 2.23. The van der Waals surface area contributed by atoms with Crippen LogP contribution in [0.3, 0.4) is 0 Å². The van der Waals surface area contributed by atoms with Crippen LogP contribution >= 0.6 is 11.3 Å². The summed E-state index contributed by atoms with van der Waals surface area (Å²) in [7, 11) is 0. The summed E-state index contributed by atoms with van der Waals surface area (Å²) in [6.45, 7) is 5.46. The summed E-state index contributed by atoms with van der Waals surface area (Å²) in [6, 6.07) is 5.91. The molecule has 1 heterocycles. The summed E-state index contributed by atoms with van der Waals surface area (Å²) >= 11 is 1.20. The van der Waals surface area contributed by atoms with E-state index >= 15 is 0 Å². The molecule has 0 aliphatic carbocycles. The molecule has 1 amide bonds. The highest BCUT2D eigenvalue weighted by atomic mass is 32.1. The maximum absolute atomic E-state index is 12.9. The first-order chi connectivity index (χ1) is 9.27. The number of hydrogen-bond donors (Lipinski definition) is 2. The predicted octanol–water partition coefficient (Wildman–Crippen LogP) is 3.52. The van der Waals surface area contributed by atoms with E-state index in [9.17, 15) is 9.18 Å². The van der Waals surface area contributed by atoms with Gasteiger partial charge >= 0.3 is 0 Å². The highest BCUT2D eigenvalue weighted by Crippen LogP contribution is 2.34. The van der Waals surface area contributed by atoms with Crippen molar-refractivity contribution in [3.63, 3.8) is 0 Å². The number of nitrogens with two attached hydrogens (primary N) is 1. The summed E-state index contributed by atoms with van der Waals surface area (Å²) in [5.41, 5.74) is 6.68. The van der Waals surface area contributed by atoms with Crippen LogP contribution in [0.25, 0.3) is 11.3 Å². The lowest BCUT2D eigenvalue weighted by Crippen LogP contribution is -2.27. The van der Waals surface area contributed by atoms with E-state index in [1.54, 1.807) is 12.1 Å². The van der Waals surface area contributed by atoms with E-state index in [1.807, 2.05) is 20.8 Å². The molecular weight excluding hydrogens is 277 g/mol. The maximum atomic E-state index is 12.9. The number of anilines is 2. The Kier molecular flexibility index (Phi) is 3.76. The van der Waals surface area contributed by atoms with E-state index in [-0.39, 0.29) is 11.7 Å². The fraction of sp³-hybridized carbons (Fsp3) is 0.286. The molecule has 4 nitrogen and oxygen atoms in total. The summed E-state index contributed by atoms with van der Waals surface area (Å²) in [4.78, 5) is 16.2. The summed E-state index contributed by atoms with van der Waals surface area (Å²) in [6.07, 6.45) is 0. The maximum Gasteiger partial charge on any atom is 0.231 e. The van der Waals surface area contributed by atoms with Crippen LogP contribution < -0.4 is 11.1 Å². The van der Waals surface area contributed by atoms with Crippen molar-refractivity contribution in [2.45, 2.75) is 20.8 Å². The monoisotopic (exact) mass is 293 g/mol. The third-order valence-electron chi connectivity index (χ3n) is 2.67. The molecule has 0 unspecified atom stereocenters. The smallest absolute Gasteiger partial charge is 0.231 e. The molecule has 2 aromatic rings. The van der Waals surface area contributed by atoms with Crippen molar-refractivity contribution >= 4 is 27.4 Å². The molecule has 0 spiro atoms. The fourth-order valence-corrected chi connectivity index (χ4v) is 2.23. The van der Waals surface area contributed by atoms with Crippen molar-refractivity contribution in [1.82, 2.24) is 4.98 Å². The molecule has 0 bridgehead atoms. The van der Waals surface area contributed by atoms with Crippen molar-refractivity contribution in [1.29, 1.82) is 0 Å². The van der Waals surface area contributed by atoms with E-state index in [2.05, 4.69) is 10.3 Å². The van der Waals surface area contributed by atoms with Gasteiger partial charge in [0.05, 0.1) is 0 Å². The molecule has 1 aromatic carbocycles. The van der Waals surface area contributed by atoms with Crippen LogP contribution in [0.2, 0.25) is 0 Å². The number of rotatable bonds is 2. The lowest BCUT2D eigenvalue weighted by atomic mass is 9.96. The molecule has 3 N–H and O–H groups in total. The summed E-state index contributed by atoms with van der Waals surface area (Å²) < 4.78 is 12.9. The molecule has 0 aliphatic heterocycles. The third-order valence-corrected chi connectivity index (χ3v) is 3.47. The van der Waals surface area contributed by atoms with Gasteiger partial charge in [-0.1, -0.05) is 32.1 Å². The van der Waals surface area contributed by atoms with E-state index in [0.29, 0.717) is 15.8 Å². The number of carbonyl (C=O) groups excluding carboxylic acids is 1. The van der Waals surface area contributed by atoms with Gasteiger partial charge in [0, 0.05) is 11.0 Å². The molecule has 106 valence electrons. The number of thiazole rings is 1. The SMILES string of the molecule is CC(C)(C)C(=O)Nc1nc(-c2ccc(F)cc2)c(N)s1. The first kappa shape index (κ1) is 14.5. The Morgan fingerprint density at radius 3 is 2.45 bits per heavy atom. The van der Waals surface area contributed by atoms with Crippen LogP contribution in [0.15, 0.2) is 24.3 Å². The number of benzene rings is 1. The Bertz CT molecular complexity index is 629. The molecule has 0 aliphatic rings. The van der Waals surface area contributed by atoms with Gasteiger partial charge in [0.1, 0.15) is 16.5 Å². The molecule has 2 rings (SSSR count). The van der Waals surface area contributed by atoms with Crippen LogP contribution in [0.5, 0.6) is 0 Å². The van der Waals surface area contributed by atoms with Gasteiger partial charge in [0.25, 0.3) is 0 Å². The van der Waals surface area contributed by atoms with Gasteiger partial charge in [-0.25, -0.2) is 9.37 Å². The molecule has 0 saturated carbocycles. The van der Waals surface area contributed by atoms with E-state index in [1.165, 1.54) is 23.5 Å². The molecule has 0 saturated heterocycles. The quantitative estimate of drug-likeness (QED) is 0.890. The van der Waals surface area contributed by atoms with Gasteiger partial charge < -0.3 is 11.1 Å². The van der Waals surface area contributed by atoms with E-state index in [0.717, 1.165) is 5.56 Å². The number of carbonyl (C=O) groups is 1. The number of amides is 1. The molecule has 20 heavy (non-hydrogen) atoms. The molecule has 0 atom stereocenters. The molecular formula is C14H16FN3OS. The van der Waals surface area contributed by atoms with Crippen molar-refractivity contribution in [2.24, 2.45) is 5.41 Å². The third kappa shape index (κ3) is 3.14. The summed E-state index contributed by atoms with van der Waals surface area (Å²) in [5.74, 6) is -0.444. The Labute approximate surface area is 120 Å². The van der Waals surface area contributed by atoms with E-state index in [4.69, 9.17) is 5.73 Å². The Morgan fingerprint density at radius 1 is 1.30 bits per heavy atom. The number of halogens is 1. The molecule has 6 heteroatoms. The summed E-state index contributed by atoms with van der Waals surface area (Å²) in [5, 5.41) is 3.67. The van der Waals surface area contributed by atoms with Crippen molar-refractivity contribution in [3.05, 3.63) is 30.1 Å². The fourth-order valence-electron chi connectivity index (χ4n) is 1.48. The van der Waals surface area contributed by atoms with Crippen LogP contribution in [-0.4, -0.2) is 10.9 Å². The van der Waals surface area contributed by atoms with Gasteiger partial charge in [-0.3, -0.25) is 4.79 Å². The largest absolute Gasteiger partial charge is 0.389 e. The molecule has 0 radical (unpaired) electrons. The first-order valence-corrected chi connectivity index (χ1v) is 6.93. The first-order valence-electron chi connectivity index (χ1n) is 6.11. The minimum atomic E-state index is -0.504.